The predicted octanol–water partition coefficient (Wildman–Crippen LogP) is 2.26. The molecule has 3 atom stereocenters. The van der Waals surface area contributed by atoms with E-state index in [1.807, 2.05) is 0 Å². The van der Waals surface area contributed by atoms with Crippen LogP contribution in [0.3, 0.4) is 0 Å². The molecule has 0 aromatic rings. The van der Waals surface area contributed by atoms with Crippen molar-refractivity contribution in [2.45, 2.75) is 33.6 Å². The molecule has 0 N–H and O–H groups in total. The molecule has 2 aliphatic rings. The lowest BCUT2D eigenvalue weighted by Crippen LogP contribution is -2.19. The van der Waals surface area contributed by atoms with Crippen molar-refractivity contribution in [3.05, 3.63) is 0 Å². The average Bonchev–Trinajstić information content (AvgIpc) is 2.46. The highest BCUT2D eigenvalue weighted by molar-refractivity contribution is 5.88. The van der Waals surface area contributed by atoms with E-state index >= 15 is 0 Å². The molecular formula is C10H16O. The van der Waals surface area contributed by atoms with Crippen LogP contribution >= 0.6 is 0 Å². The molecule has 2 aliphatic carbocycles. The van der Waals surface area contributed by atoms with Gasteiger partial charge < -0.3 is 0 Å². The Hall–Kier alpha value is -0.330. The number of Topliss-reactive ketones (excluding diaryl/α,β-unsaturated/α-hetero) is 1. The van der Waals surface area contributed by atoms with Gasteiger partial charge in [0.15, 0.2) is 0 Å². The summed E-state index contributed by atoms with van der Waals surface area (Å²) in [6.45, 7) is 6.55. The largest absolute Gasteiger partial charge is 0.299 e. The molecule has 0 bridgehead atoms. The fourth-order valence-corrected chi connectivity index (χ4v) is 2.73. The topological polar surface area (TPSA) is 17.1 Å². The second-order valence-electron chi connectivity index (χ2n) is 4.79. The summed E-state index contributed by atoms with van der Waals surface area (Å²) in [5, 5.41) is 0. The second-order valence-corrected chi connectivity index (χ2v) is 4.79. The van der Waals surface area contributed by atoms with Crippen molar-refractivity contribution >= 4 is 5.78 Å². The number of hydrogen-bond acceptors (Lipinski definition) is 1. The van der Waals surface area contributed by atoms with E-state index in [0.29, 0.717) is 23.0 Å². The van der Waals surface area contributed by atoms with E-state index in [0.717, 1.165) is 12.3 Å². The van der Waals surface area contributed by atoms with Crippen LogP contribution in [0.2, 0.25) is 0 Å². The van der Waals surface area contributed by atoms with Crippen molar-refractivity contribution in [1.29, 1.82) is 0 Å². The minimum atomic E-state index is 0.345. The van der Waals surface area contributed by atoms with E-state index in [1.54, 1.807) is 0 Å². The van der Waals surface area contributed by atoms with E-state index in [2.05, 4.69) is 20.8 Å². The smallest absolute Gasteiger partial charge is 0.139 e. The van der Waals surface area contributed by atoms with Crippen molar-refractivity contribution in [3.63, 3.8) is 0 Å². The second kappa shape index (κ2) is 1.88. The first-order valence-electron chi connectivity index (χ1n) is 4.59. The average molecular weight is 152 g/mol. The highest BCUT2D eigenvalue weighted by Gasteiger charge is 2.63. The normalized spacial score (nSPS) is 46.8. The molecule has 0 aliphatic heterocycles. The summed E-state index contributed by atoms with van der Waals surface area (Å²) < 4.78 is 0. The highest BCUT2D eigenvalue weighted by atomic mass is 16.1. The van der Waals surface area contributed by atoms with Crippen molar-refractivity contribution < 1.29 is 4.79 Å². The number of rotatable bonds is 0. The van der Waals surface area contributed by atoms with Crippen LogP contribution in [0.15, 0.2) is 0 Å². The molecule has 0 heterocycles. The molecule has 2 rings (SSSR count). The van der Waals surface area contributed by atoms with Crippen LogP contribution in [-0.2, 0) is 4.79 Å². The lowest BCUT2D eigenvalue weighted by Gasteiger charge is -2.14. The summed E-state index contributed by atoms with van der Waals surface area (Å²) in [4.78, 5) is 11.6. The van der Waals surface area contributed by atoms with Gasteiger partial charge in [-0.05, 0) is 24.2 Å². The van der Waals surface area contributed by atoms with Crippen molar-refractivity contribution in [2.75, 3.05) is 0 Å². The fourth-order valence-electron chi connectivity index (χ4n) is 2.73. The van der Waals surface area contributed by atoms with E-state index in [4.69, 9.17) is 0 Å². The number of fused-ring (bicyclic) bond motifs is 1. The molecule has 2 fully saturated rings. The Morgan fingerprint density at radius 1 is 1.36 bits per heavy atom. The molecule has 11 heavy (non-hydrogen) atoms. The van der Waals surface area contributed by atoms with Gasteiger partial charge in [0.1, 0.15) is 5.78 Å². The molecule has 0 saturated heterocycles. The lowest BCUT2D eigenvalue weighted by molar-refractivity contribution is -0.125. The molecule has 0 aromatic carbocycles. The first-order valence-corrected chi connectivity index (χ1v) is 4.59. The maximum Gasteiger partial charge on any atom is 0.139 e. The Bertz CT molecular complexity index is 205. The van der Waals surface area contributed by atoms with Gasteiger partial charge in [0.2, 0.25) is 0 Å². The van der Waals surface area contributed by atoms with Gasteiger partial charge in [0, 0.05) is 11.8 Å². The van der Waals surface area contributed by atoms with Crippen molar-refractivity contribution in [2.24, 2.45) is 23.2 Å². The minimum absolute atomic E-state index is 0.345. The Morgan fingerprint density at radius 2 is 2.00 bits per heavy atom. The highest BCUT2D eigenvalue weighted by Crippen LogP contribution is 2.64. The third-order valence-corrected chi connectivity index (χ3v) is 3.75. The van der Waals surface area contributed by atoms with Gasteiger partial charge in [-0.25, -0.2) is 0 Å². The molecule has 1 unspecified atom stereocenters. The molecule has 1 heteroatoms. The minimum Gasteiger partial charge on any atom is -0.299 e. The maximum atomic E-state index is 11.6. The van der Waals surface area contributed by atoms with Gasteiger partial charge in [-0.15, -0.1) is 0 Å². The standard InChI is InChI=1S/C10H16O/c1-6-4-5-7-8(9(6)11)10(7,2)3/h6-8H,4-5H2,1-3H3/t6?,7-,8-/m0/s1. The first-order chi connectivity index (χ1) is 5.05. The summed E-state index contributed by atoms with van der Waals surface area (Å²) in [6, 6.07) is 0. The van der Waals surface area contributed by atoms with E-state index in [9.17, 15) is 4.79 Å². The summed E-state index contributed by atoms with van der Waals surface area (Å²) >= 11 is 0. The molecule has 0 spiro atoms. The molecule has 0 amide bonds. The monoisotopic (exact) mass is 152 g/mol. The zero-order valence-corrected chi connectivity index (χ0v) is 7.55. The summed E-state index contributed by atoms with van der Waals surface area (Å²) in [5.41, 5.74) is 0.349. The van der Waals surface area contributed by atoms with Crippen LogP contribution in [0.4, 0.5) is 0 Å². The summed E-state index contributed by atoms with van der Waals surface area (Å²) in [5.74, 6) is 2.03. The van der Waals surface area contributed by atoms with Crippen LogP contribution in [0.25, 0.3) is 0 Å². The fraction of sp³-hybridized carbons (Fsp3) is 0.900. The van der Waals surface area contributed by atoms with Crippen LogP contribution in [0.1, 0.15) is 33.6 Å². The number of carbonyl (C=O) groups is 1. The quantitative estimate of drug-likeness (QED) is 0.520. The Morgan fingerprint density at radius 3 is 2.55 bits per heavy atom. The molecule has 1 nitrogen and oxygen atoms in total. The molecule has 2 saturated carbocycles. The SMILES string of the molecule is CC1CC[C@H]2[C@@H](C1=O)C2(C)C. The van der Waals surface area contributed by atoms with Gasteiger partial charge in [0.25, 0.3) is 0 Å². The van der Waals surface area contributed by atoms with Crippen LogP contribution < -0.4 is 0 Å². The Balaban J connectivity index is 2.19. The van der Waals surface area contributed by atoms with Gasteiger partial charge >= 0.3 is 0 Å². The lowest BCUT2D eigenvalue weighted by atomic mass is 9.90. The third-order valence-electron chi connectivity index (χ3n) is 3.75. The zero-order valence-electron chi connectivity index (χ0n) is 7.55. The van der Waals surface area contributed by atoms with E-state index in [1.165, 1.54) is 6.42 Å². The third kappa shape index (κ3) is 0.800. The number of ketones is 1. The summed E-state index contributed by atoms with van der Waals surface area (Å²) in [7, 11) is 0. The van der Waals surface area contributed by atoms with Crippen LogP contribution in [0, 0.1) is 23.2 Å². The molecule has 62 valence electrons. The van der Waals surface area contributed by atoms with Gasteiger partial charge in [-0.2, -0.15) is 0 Å². The Labute approximate surface area is 68.2 Å². The van der Waals surface area contributed by atoms with Crippen LogP contribution in [-0.4, -0.2) is 5.78 Å². The van der Waals surface area contributed by atoms with Gasteiger partial charge in [-0.1, -0.05) is 20.8 Å². The Kier molecular flexibility index (Phi) is 1.25. The molecule has 0 radical (unpaired) electrons. The zero-order chi connectivity index (χ0) is 8.22. The van der Waals surface area contributed by atoms with Gasteiger partial charge in [0.05, 0.1) is 0 Å². The van der Waals surface area contributed by atoms with E-state index < -0.39 is 0 Å². The first kappa shape index (κ1) is 7.33. The maximum absolute atomic E-state index is 11.6. The summed E-state index contributed by atoms with van der Waals surface area (Å²) in [6.07, 6.45) is 2.41. The number of hydrogen-bond donors (Lipinski definition) is 0. The van der Waals surface area contributed by atoms with Crippen LogP contribution in [0.5, 0.6) is 0 Å². The number of carbonyl (C=O) groups excluding carboxylic acids is 1. The van der Waals surface area contributed by atoms with Crippen molar-refractivity contribution in [3.8, 4) is 0 Å². The predicted molar refractivity (Wildman–Crippen MR) is 44.2 cm³/mol. The van der Waals surface area contributed by atoms with Gasteiger partial charge in [-0.3, -0.25) is 4.79 Å². The molecule has 0 aromatic heterocycles. The van der Waals surface area contributed by atoms with Crippen molar-refractivity contribution in [1.82, 2.24) is 0 Å². The molecular weight excluding hydrogens is 136 g/mol. The van der Waals surface area contributed by atoms with E-state index in [-0.39, 0.29) is 0 Å².